The third kappa shape index (κ3) is 1.86. The van der Waals surface area contributed by atoms with Gasteiger partial charge in [0.05, 0.1) is 4.92 Å². The molecule has 0 aliphatic rings. The largest absolute Gasteiger partial charge is 0.378 e. The van der Waals surface area contributed by atoms with Crippen molar-refractivity contribution in [1.29, 1.82) is 0 Å². The molecule has 0 radical (unpaired) electrons. The fraction of sp³-hybridized carbons (Fsp3) is 0.125. The Balaban J connectivity index is 3.19. The molecule has 4 N–H and O–H groups in total. The van der Waals surface area contributed by atoms with Crippen LogP contribution >= 0.6 is 0 Å². The molecule has 0 fully saturated rings. The van der Waals surface area contributed by atoms with Crippen LogP contribution in [-0.4, -0.2) is 9.91 Å². The Labute approximate surface area is 80.4 Å². The SMILES string of the molecule is C=C[C@H](N)c1cnc(N)c([N+](=O)[O-])c1. The van der Waals surface area contributed by atoms with Gasteiger partial charge in [-0.3, -0.25) is 10.1 Å². The molecule has 0 saturated carbocycles. The zero-order chi connectivity index (χ0) is 10.7. The molecule has 14 heavy (non-hydrogen) atoms. The average Bonchev–Trinajstić information content (AvgIpc) is 2.17. The maximum atomic E-state index is 10.5. The quantitative estimate of drug-likeness (QED) is 0.419. The maximum Gasteiger partial charge on any atom is 0.311 e. The van der Waals surface area contributed by atoms with E-state index >= 15 is 0 Å². The highest BCUT2D eigenvalue weighted by atomic mass is 16.6. The van der Waals surface area contributed by atoms with Crippen LogP contribution in [0, 0.1) is 10.1 Å². The molecule has 1 aromatic heterocycles. The third-order valence-corrected chi connectivity index (χ3v) is 1.75. The van der Waals surface area contributed by atoms with E-state index in [0.29, 0.717) is 5.56 Å². The molecule has 6 heteroatoms. The van der Waals surface area contributed by atoms with E-state index < -0.39 is 11.0 Å². The van der Waals surface area contributed by atoms with Crippen LogP contribution < -0.4 is 11.5 Å². The molecular weight excluding hydrogens is 184 g/mol. The number of pyridine rings is 1. The van der Waals surface area contributed by atoms with Gasteiger partial charge in [0.1, 0.15) is 0 Å². The van der Waals surface area contributed by atoms with Crippen LogP contribution in [0.5, 0.6) is 0 Å². The van der Waals surface area contributed by atoms with E-state index in [1.54, 1.807) is 0 Å². The Morgan fingerprint density at radius 3 is 2.86 bits per heavy atom. The number of nitro groups is 1. The molecule has 0 spiro atoms. The van der Waals surface area contributed by atoms with Crippen LogP contribution in [0.4, 0.5) is 11.5 Å². The van der Waals surface area contributed by atoms with E-state index in [9.17, 15) is 10.1 Å². The molecule has 74 valence electrons. The van der Waals surface area contributed by atoms with Gasteiger partial charge in [0.15, 0.2) is 0 Å². The van der Waals surface area contributed by atoms with Gasteiger partial charge >= 0.3 is 5.69 Å². The Hall–Kier alpha value is -1.95. The van der Waals surface area contributed by atoms with Crippen LogP contribution in [-0.2, 0) is 0 Å². The highest BCUT2D eigenvalue weighted by Crippen LogP contribution is 2.22. The minimum atomic E-state index is -0.596. The number of hydrogen-bond acceptors (Lipinski definition) is 5. The van der Waals surface area contributed by atoms with Crippen molar-refractivity contribution in [2.75, 3.05) is 5.73 Å². The van der Waals surface area contributed by atoms with Crippen molar-refractivity contribution < 1.29 is 4.92 Å². The minimum absolute atomic E-state index is 0.116. The van der Waals surface area contributed by atoms with E-state index in [0.717, 1.165) is 0 Å². The molecule has 0 amide bonds. The van der Waals surface area contributed by atoms with E-state index in [1.165, 1.54) is 18.3 Å². The predicted octanol–water partition coefficient (Wildman–Crippen LogP) is 0.758. The van der Waals surface area contributed by atoms with Gasteiger partial charge in [0.25, 0.3) is 0 Å². The lowest BCUT2D eigenvalue weighted by Crippen LogP contribution is -2.08. The molecule has 0 bridgehead atoms. The number of hydrogen-bond donors (Lipinski definition) is 2. The fourth-order valence-electron chi connectivity index (χ4n) is 0.944. The van der Waals surface area contributed by atoms with Crippen molar-refractivity contribution in [3.8, 4) is 0 Å². The second-order valence-electron chi connectivity index (χ2n) is 2.69. The third-order valence-electron chi connectivity index (χ3n) is 1.75. The van der Waals surface area contributed by atoms with Crippen molar-refractivity contribution in [1.82, 2.24) is 4.98 Å². The molecule has 1 aromatic rings. The normalized spacial score (nSPS) is 12.1. The van der Waals surface area contributed by atoms with Gasteiger partial charge < -0.3 is 11.5 Å². The van der Waals surface area contributed by atoms with Crippen molar-refractivity contribution >= 4 is 11.5 Å². The van der Waals surface area contributed by atoms with Gasteiger partial charge in [-0.2, -0.15) is 0 Å². The van der Waals surface area contributed by atoms with Gasteiger partial charge in [-0.05, 0) is 5.56 Å². The van der Waals surface area contributed by atoms with E-state index in [2.05, 4.69) is 11.6 Å². The number of aromatic nitrogens is 1. The number of nitrogens with zero attached hydrogens (tertiary/aromatic N) is 2. The summed E-state index contributed by atoms with van der Waals surface area (Å²) in [4.78, 5) is 13.6. The van der Waals surface area contributed by atoms with Gasteiger partial charge in [0.2, 0.25) is 5.82 Å². The van der Waals surface area contributed by atoms with Crippen molar-refractivity contribution in [2.24, 2.45) is 5.73 Å². The van der Waals surface area contributed by atoms with Crippen molar-refractivity contribution in [2.45, 2.75) is 6.04 Å². The lowest BCUT2D eigenvalue weighted by Gasteiger charge is -2.05. The Kier molecular flexibility index (Phi) is 2.78. The molecule has 1 atom stereocenters. The summed E-state index contributed by atoms with van der Waals surface area (Å²) >= 11 is 0. The number of nitrogens with two attached hydrogens (primary N) is 2. The number of rotatable bonds is 3. The van der Waals surface area contributed by atoms with Gasteiger partial charge in [-0.1, -0.05) is 6.08 Å². The predicted molar refractivity (Wildman–Crippen MR) is 52.4 cm³/mol. The van der Waals surface area contributed by atoms with Crippen molar-refractivity contribution in [3.05, 3.63) is 40.6 Å². The van der Waals surface area contributed by atoms with E-state index in [4.69, 9.17) is 11.5 Å². The summed E-state index contributed by atoms with van der Waals surface area (Å²) in [5.74, 6) is -0.116. The van der Waals surface area contributed by atoms with E-state index in [1.807, 2.05) is 0 Å². The summed E-state index contributed by atoms with van der Waals surface area (Å²) in [6.07, 6.45) is 2.87. The lowest BCUT2D eigenvalue weighted by molar-refractivity contribution is -0.384. The van der Waals surface area contributed by atoms with Crippen LogP contribution in [0.3, 0.4) is 0 Å². The summed E-state index contributed by atoms with van der Waals surface area (Å²) in [5, 5.41) is 10.5. The van der Waals surface area contributed by atoms with Crippen LogP contribution in [0.1, 0.15) is 11.6 Å². The van der Waals surface area contributed by atoms with Crippen LogP contribution in [0.25, 0.3) is 0 Å². The Morgan fingerprint density at radius 2 is 2.36 bits per heavy atom. The standard InChI is InChI=1S/C8H10N4O2/c1-2-6(9)5-3-7(12(13)14)8(10)11-4-5/h2-4,6H,1,9H2,(H2,10,11)/t6-/m0/s1. The second-order valence-corrected chi connectivity index (χ2v) is 2.69. The molecule has 0 unspecified atom stereocenters. The average molecular weight is 194 g/mol. The topological polar surface area (TPSA) is 108 Å². The first-order chi connectivity index (χ1) is 6.56. The van der Waals surface area contributed by atoms with Crippen molar-refractivity contribution in [3.63, 3.8) is 0 Å². The molecule has 0 aromatic carbocycles. The lowest BCUT2D eigenvalue weighted by atomic mass is 10.1. The van der Waals surface area contributed by atoms with E-state index in [-0.39, 0.29) is 11.5 Å². The summed E-state index contributed by atoms with van der Waals surface area (Å²) in [6.45, 7) is 3.48. The van der Waals surface area contributed by atoms with Gasteiger partial charge in [0, 0.05) is 18.3 Å². The molecule has 0 aliphatic heterocycles. The maximum absolute atomic E-state index is 10.5. The molecule has 1 heterocycles. The number of nitrogen functional groups attached to an aromatic ring is 1. The van der Waals surface area contributed by atoms with Gasteiger partial charge in [-0.25, -0.2) is 4.98 Å². The Bertz CT molecular complexity index is 378. The zero-order valence-corrected chi connectivity index (χ0v) is 7.38. The molecule has 6 nitrogen and oxygen atoms in total. The zero-order valence-electron chi connectivity index (χ0n) is 7.38. The molecule has 0 saturated heterocycles. The molecular formula is C8H10N4O2. The van der Waals surface area contributed by atoms with Gasteiger partial charge in [-0.15, -0.1) is 6.58 Å². The minimum Gasteiger partial charge on any atom is -0.378 e. The Morgan fingerprint density at radius 1 is 1.71 bits per heavy atom. The first-order valence-corrected chi connectivity index (χ1v) is 3.84. The monoisotopic (exact) mass is 194 g/mol. The van der Waals surface area contributed by atoms with Crippen LogP contribution in [0.15, 0.2) is 24.9 Å². The second kappa shape index (κ2) is 3.84. The highest BCUT2D eigenvalue weighted by Gasteiger charge is 2.15. The van der Waals surface area contributed by atoms with Crippen LogP contribution in [0.2, 0.25) is 0 Å². The number of anilines is 1. The fourth-order valence-corrected chi connectivity index (χ4v) is 0.944. The molecule has 1 rings (SSSR count). The summed E-state index contributed by atoms with van der Waals surface area (Å²) in [6, 6.07) is 0.830. The first kappa shape index (κ1) is 10.1. The highest BCUT2D eigenvalue weighted by molar-refractivity contribution is 5.53. The summed E-state index contributed by atoms with van der Waals surface area (Å²) < 4.78 is 0. The summed E-state index contributed by atoms with van der Waals surface area (Å²) in [7, 11) is 0. The molecule has 0 aliphatic carbocycles. The first-order valence-electron chi connectivity index (χ1n) is 3.84. The smallest absolute Gasteiger partial charge is 0.311 e. The summed E-state index contributed by atoms with van der Waals surface area (Å²) in [5.41, 5.74) is 11.2.